The van der Waals surface area contributed by atoms with Gasteiger partial charge in [-0.1, -0.05) is 25.2 Å². The summed E-state index contributed by atoms with van der Waals surface area (Å²) in [6.07, 6.45) is 8.21. The Balaban J connectivity index is 2.36. The summed E-state index contributed by atoms with van der Waals surface area (Å²) in [5.41, 5.74) is -0.139. The molecule has 0 bridgehead atoms. The molecule has 0 radical (unpaired) electrons. The number of carbonyl (C=O) groups excluding carboxylic acids is 1. The van der Waals surface area contributed by atoms with Crippen LogP contribution in [0.2, 0.25) is 0 Å². The summed E-state index contributed by atoms with van der Waals surface area (Å²) < 4.78 is 5.17. The Morgan fingerprint density at radius 3 is 2.81 bits per heavy atom. The number of ether oxygens (including phenoxy) is 1. The lowest BCUT2D eigenvalue weighted by atomic mass is 9.66. The maximum absolute atomic E-state index is 11.1. The highest BCUT2D eigenvalue weighted by Gasteiger charge is 2.43. The van der Waals surface area contributed by atoms with Crippen LogP contribution in [0.5, 0.6) is 0 Å². The van der Waals surface area contributed by atoms with E-state index in [1.165, 1.54) is 6.92 Å². The molecule has 0 aromatic carbocycles. The summed E-state index contributed by atoms with van der Waals surface area (Å²) in [6.45, 7) is 3.88. The van der Waals surface area contributed by atoms with Crippen LogP contribution in [0.1, 0.15) is 33.1 Å². The van der Waals surface area contributed by atoms with E-state index in [9.17, 15) is 15.3 Å². The number of esters is 1. The second kappa shape index (κ2) is 6.14. The van der Waals surface area contributed by atoms with Crippen LogP contribution in [0.15, 0.2) is 23.8 Å². The van der Waals surface area contributed by atoms with Gasteiger partial charge in [0.25, 0.3) is 0 Å². The van der Waals surface area contributed by atoms with Crippen molar-refractivity contribution in [2.75, 3.05) is 6.61 Å². The molecule has 2 aliphatic carbocycles. The van der Waals surface area contributed by atoms with Gasteiger partial charge in [0.05, 0.1) is 18.7 Å². The van der Waals surface area contributed by atoms with Crippen molar-refractivity contribution >= 4 is 5.97 Å². The third-order valence-electron chi connectivity index (χ3n) is 4.47. The lowest BCUT2D eigenvalue weighted by molar-refractivity contribution is -0.142. The van der Waals surface area contributed by atoms with E-state index >= 15 is 0 Å². The van der Waals surface area contributed by atoms with Gasteiger partial charge in [-0.3, -0.25) is 4.79 Å². The first-order valence-electron chi connectivity index (χ1n) is 7.35. The average molecular weight is 284 g/mol. The normalized spacial score (nSPS) is 30.1. The molecule has 0 saturated heterocycles. The summed E-state index contributed by atoms with van der Waals surface area (Å²) in [4.78, 5) is 11.1. The zero-order valence-corrected chi connectivity index (χ0v) is 12.5. The molecular weight excluding hydrogens is 264 g/mol. The Labute approximate surface area is 125 Å². The minimum Gasteiger partial charge on any atom is -0.465 e. The first-order chi connectivity index (χ1) is 10.0. The number of nitrogens with zero attached hydrogens (tertiary/aromatic N) is 2. The van der Waals surface area contributed by atoms with Gasteiger partial charge >= 0.3 is 5.97 Å². The average Bonchev–Trinajstić information content (AvgIpc) is 2.62. The molecule has 0 saturated carbocycles. The second-order valence-electron chi connectivity index (χ2n) is 6.07. The lowest BCUT2D eigenvalue weighted by Gasteiger charge is -2.35. The van der Waals surface area contributed by atoms with E-state index in [0.29, 0.717) is 18.9 Å². The number of hydrogen-bond acceptors (Lipinski definition) is 4. The maximum atomic E-state index is 11.1. The number of hydrogen-bond donors (Lipinski definition) is 0. The molecule has 2 aliphatic rings. The van der Waals surface area contributed by atoms with E-state index < -0.39 is 5.41 Å². The summed E-state index contributed by atoms with van der Waals surface area (Å²) in [5, 5.41) is 19.1. The Morgan fingerprint density at radius 2 is 2.19 bits per heavy atom. The molecule has 4 heteroatoms. The van der Waals surface area contributed by atoms with Crippen LogP contribution in [0.25, 0.3) is 0 Å². The zero-order valence-electron chi connectivity index (χ0n) is 12.5. The SMILES string of the molecule is CC(=O)OC[C@@H]1C=CCC(C#N)(C#N)C2=CC[C@H](C)C[C@H]21. The summed E-state index contributed by atoms with van der Waals surface area (Å²) in [6, 6.07) is 4.44. The number of carbonyl (C=O) groups is 1. The second-order valence-corrected chi connectivity index (χ2v) is 6.07. The van der Waals surface area contributed by atoms with Crippen molar-refractivity contribution in [3.63, 3.8) is 0 Å². The minimum atomic E-state index is -1.06. The first-order valence-corrected chi connectivity index (χ1v) is 7.35. The fourth-order valence-corrected chi connectivity index (χ4v) is 3.33. The van der Waals surface area contributed by atoms with Crippen LogP contribution in [0.4, 0.5) is 0 Å². The Hall–Kier alpha value is -2.07. The van der Waals surface area contributed by atoms with Gasteiger partial charge in [-0.15, -0.1) is 0 Å². The van der Waals surface area contributed by atoms with Crippen LogP contribution in [-0.4, -0.2) is 12.6 Å². The lowest BCUT2D eigenvalue weighted by Crippen LogP contribution is -2.32. The number of rotatable bonds is 2. The summed E-state index contributed by atoms with van der Waals surface area (Å²) in [5.74, 6) is 0.367. The predicted octanol–water partition coefficient (Wildman–Crippen LogP) is 3.13. The van der Waals surface area contributed by atoms with Gasteiger partial charge in [0.2, 0.25) is 0 Å². The largest absolute Gasteiger partial charge is 0.465 e. The minimum absolute atomic E-state index is 0.0477. The van der Waals surface area contributed by atoms with Crippen molar-refractivity contribution in [3.05, 3.63) is 23.8 Å². The first kappa shape index (κ1) is 15.3. The molecule has 0 spiro atoms. The Morgan fingerprint density at radius 1 is 1.48 bits per heavy atom. The van der Waals surface area contributed by atoms with Crippen molar-refractivity contribution in [1.29, 1.82) is 10.5 Å². The molecule has 0 aromatic heterocycles. The van der Waals surface area contributed by atoms with E-state index in [2.05, 4.69) is 25.1 Å². The van der Waals surface area contributed by atoms with Crippen molar-refractivity contribution in [1.82, 2.24) is 0 Å². The predicted molar refractivity (Wildman–Crippen MR) is 77.5 cm³/mol. The molecule has 0 aromatic rings. The highest BCUT2D eigenvalue weighted by atomic mass is 16.5. The topological polar surface area (TPSA) is 73.9 Å². The van der Waals surface area contributed by atoms with Gasteiger partial charge in [-0.2, -0.15) is 10.5 Å². The van der Waals surface area contributed by atoms with E-state index in [1.807, 2.05) is 12.2 Å². The molecule has 110 valence electrons. The van der Waals surface area contributed by atoms with Crippen LogP contribution < -0.4 is 0 Å². The fraction of sp³-hybridized carbons (Fsp3) is 0.588. The monoisotopic (exact) mass is 284 g/mol. The van der Waals surface area contributed by atoms with Crippen LogP contribution in [0, 0.1) is 45.8 Å². The van der Waals surface area contributed by atoms with Gasteiger partial charge in [-0.05, 0) is 30.3 Å². The zero-order chi connectivity index (χ0) is 15.5. The molecule has 0 aliphatic heterocycles. The Bertz CT molecular complexity index is 548. The van der Waals surface area contributed by atoms with Gasteiger partial charge < -0.3 is 4.74 Å². The molecule has 0 heterocycles. The van der Waals surface area contributed by atoms with Gasteiger partial charge in [0, 0.05) is 19.3 Å². The highest BCUT2D eigenvalue weighted by molar-refractivity contribution is 5.65. The summed E-state index contributed by atoms with van der Waals surface area (Å²) in [7, 11) is 0. The van der Waals surface area contributed by atoms with Crippen LogP contribution in [-0.2, 0) is 9.53 Å². The number of fused-ring (bicyclic) bond motifs is 1. The molecule has 4 nitrogen and oxygen atoms in total. The van der Waals surface area contributed by atoms with Crippen molar-refractivity contribution in [2.24, 2.45) is 23.2 Å². The van der Waals surface area contributed by atoms with Crippen LogP contribution in [0.3, 0.4) is 0 Å². The quantitative estimate of drug-likeness (QED) is 0.576. The van der Waals surface area contributed by atoms with Gasteiger partial charge in [0.15, 0.2) is 5.41 Å². The van der Waals surface area contributed by atoms with E-state index in [1.54, 1.807) is 0 Å². The molecule has 21 heavy (non-hydrogen) atoms. The molecule has 2 rings (SSSR count). The Kier molecular flexibility index (Phi) is 4.48. The van der Waals surface area contributed by atoms with Crippen LogP contribution >= 0.6 is 0 Å². The van der Waals surface area contributed by atoms with Crippen molar-refractivity contribution in [2.45, 2.75) is 33.1 Å². The summed E-state index contributed by atoms with van der Waals surface area (Å²) >= 11 is 0. The number of nitriles is 2. The molecule has 3 atom stereocenters. The van der Waals surface area contributed by atoms with E-state index in [-0.39, 0.29) is 17.8 Å². The smallest absolute Gasteiger partial charge is 0.302 e. The van der Waals surface area contributed by atoms with Gasteiger partial charge in [-0.25, -0.2) is 0 Å². The van der Waals surface area contributed by atoms with Crippen molar-refractivity contribution < 1.29 is 9.53 Å². The third kappa shape index (κ3) is 3.00. The van der Waals surface area contributed by atoms with E-state index in [0.717, 1.165) is 18.4 Å². The van der Waals surface area contributed by atoms with E-state index in [4.69, 9.17) is 4.74 Å². The molecule has 0 N–H and O–H groups in total. The fourth-order valence-electron chi connectivity index (χ4n) is 3.33. The standard InChI is InChI=1S/C17H20N2O2/c1-12-5-6-16-15(8-12)14(9-21-13(2)20)4-3-7-17(16,10-18)11-19/h3-4,6,12,14-15H,5,7-9H2,1-2H3/t12-,14-,15-/m0/s1. The molecular formula is C17H20N2O2. The van der Waals surface area contributed by atoms with Crippen molar-refractivity contribution in [3.8, 4) is 12.1 Å². The molecule has 0 amide bonds. The third-order valence-corrected chi connectivity index (χ3v) is 4.47. The molecule has 0 fully saturated rings. The molecule has 0 unspecified atom stereocenters. The van der Waals surface area contributed by atoms with Gasteiger partial charge in [0.1, 0.15) is 0 Å². The highest BCUT2D eigenvalue weighted by Crippen LogP contribution is 2.47. The maximum Gasteiger partial charge on any atom is 0.302 e. The number of allylic oxidation sites excluding steroid dienone is 3.